The number of aliphatic carboxylic acids is 1. The van der Waals surface area contributed by atoms with E-state index in [2.05, 4.69) is 11.2 Å². The van der Waals surface area contributed by atoms with E-state index >= 15 is 0 Å². The van der Waals surface area contributed by atoms with E-state index in [1.165, 1.54) is 0 Å². The summed E-state index contributed by atoms with van der Waals surface area (Å²) in [4.78, 5) is 24.3. The molecule has 0 aromatic heterocycles. The Balaban J connectivity index is 4.39. The van der Waals surface area contributed by atoms with Gasteiger partial charge in [-0.3, -0.25) is 14.5 Å². The van der Waals surface area contributed by atoms with E-state index in [4.69, 9.17) is 11.5 Å². The summed E-state index contributed by atoms with van der Waals surface area (Å²) in [5, 5.41) is 11.7. The number of hydrogen-bond donors (Lipinski definition) is 2. The van der Waals surface area contributed by atoms with Crippen LogP contribution >= 0.6 is 0 Å². The van der Waals surface area contributed by atoms with Crippen LogP contribution in [-0.2, 0) is 9.59 Å². The first-order valence-electron chi connectivity index (χ1n) is 6.50. The third kappa shape index (κ3) is 5.75. The van der Waals surface area contributed by atoms with E-state index in [1.54, 1.807) is 18.9 Å². The molecular weight excluding hydrogens is 244 g/mol. The van der Waals surface area contributed by atoms with Crippen LogP contribution in [0.2, 0.25) is 0 Å². The quantitative estimate of drug-likeness (QED) is 0.643. The second kappa shape index (κ2) is 7.80. The molecule has 0 aliphatic carbocycles. The van der Waals surface area contributed by atoms with E-state index in [9.17, 15) is 9.59 Å². The van der Waals surface area contributed by atoms with E-state index in [1.807, 2.05) is 13.8 Å². The van der Waals surface area contributed by atoms with E-state index in [-0.39, 0.29) is 12.5 Å². The maximum Gasteiger partial charge on any atom is 0.307 e. The molecule has 0 aromatic carbocycles. The molecule has 5 nitrogen and oxygen atoms in total. The number of carboxylic acids is 1. The number of carbonyl (C=O) groups is 2. The Bertz CT molecular complexity index is 356. The summed E-state index contributed by atoms with van der Waals surface area (Å²) >= 11 is 0. The molecule has 0 saturated heterocycles. The maximum atomic E-state index is 11.9. The van der Waals surface area contributed by atoms with Gasteiger partial charge in [0.15, 0.2) is 0 Å². The number of carbonyl (C=O) groups excluding carboxylic acids is 1. The average Bonchev–Trinajstić information content (AvgIpc) is 2.35. The van der Waals surface area contributed by atoms with Crippen molar-refractivity contribution in [1.82, 2.24) is 10.2 Å². The maximum absolute atomic E-state index is 11.9. The van der Waals surface area contributed by atoms with Crippen LogP contribution in [0.1, 0.15) is 33.6 Å². The van der Waals surface area contributed by atoms with Crippen LogP contribution in [0.25, 0.3) is 0 Å². The van der Waals surface area contributed by atoms with Gasteiger partial charge in [-0.2, -0.15) is 0 Å². The molecule has 0 aromatic rings. The van der Waals surface area contributed by atoms with Crippen LogP contribution < -0.4 is 5.32 Å². The Hall–Kier alpha value is -1.54. The fourth-order valence-electron chi connectivity index (χ4n) is 1.83. The molecule has 2 N–H and O–H groups in total. The van der Waals surface area contributed by atoms with Crippen molar-refractivity contribution in [2.45, 2.75) is 39.2 Å². The summed E-state index contributed by atoms with van der Waals surface area (Å²) in [5.41, 5.74) is -0.601. The first-order chi connectivity index (χ1) is 8.80. The predicted molar refractivity (Wildman–Crippen MR) is 74.6 cm³/mol. The highest BCUT2D eigenvalue weighted by Gasteiger charge is 2.26. The van der Waals surface area contributed by atoms with Crippen LogP contribution in [0.5, 0.6) is 0 Å². The fourth-order valence-corrected chi connectivity index (χ4v) is 1.83. The number of likely N-dealkylation sites (N-methyl/N-ethyl adjacent to an activating group) is 1. The third-order valence-electron chi connectivity index (χ3n) is 3.28. The smallest absolute Gasteiger partial charge is 0.307 e. The number of carboxylic acid groups (broad SMARTS) is 1. The zero-order valence-corrected chi connectivity index (χ0v) is 12.2. The Labute approximate surface area is 115 Å². The molecule has 108 valence electrons. The van der Waals surface area contributed by atoms with Gasteiger partial charge in [0.25, 0.3) is 0 Å². The van der Waals surface area contributed by atoms with Gasteiger partial charge in [0, 0.05) is 6.54 Å². The largest absolute Gasteiger partial charge is 0.481 e. The van der Waals surface area contributed by atoms with Crippen molar-refractivity contribution in [3.05, 3.63) is 0 Å². The Morgan fingerprint density at radius 1 is 1.42 bits per heavy atom. The van der Waals surface area contributed by atoms with Crippen LogP contribution in [0.3, 0.4) is 0 Å². The van der Waals surface area contributed by atoms with E-state index in [0.717, 1.165) is 0 Å². The van der Waals surface area contributed by atoms with Gasteiger partial charge in [-0.05, 0) is 19.9 Å². The summed E-state index contributed by atoms with van der Waals surface area (Å²) in [6.07, 6.45) is 6.81. The summed E-state index contributed by atoms with van der Waals surface area (Å²) in [6, 6.07) is 0. The van der Waals surface area contributed by atoms with Crippen molar-refractivity contribution in [3.8, 4) is 12.3 Å². The number of nitrogens with zero attached hydrogens (tertiary/aromatic N) is 1. The Kier molecular flexibility index (Phi) is 7.17. The molecule has 1 atom stereocenters. The lowest BCUT2D eigenvalue weighted by atomic mass is 9.94. The number of rotatable bonds is 8. The summed E-state index contributed by atoms with van der Waals surface area (Å²) in [6.45, 7) is 5.94. The van der Waals surface area contributed by atoms with E-state index in [0.29, 0.717) is 19.4 Å². The molecule has 1 unspecified atom stereocenters. The first-order valence-corrected chi connectivity index (χ1v) is 6.50. The monoisotopic (exact) mass is 268 g/mol. The van der Waals surface area contributed by atoms with Gasteiger partial charge in [-0.1, -0.05) is 26.7 Å². The zero-order valence-electron chi connectivity index (χ0n) is 12.2. The molecule has 0 aliphatic rings. The van der Waals surface area contributed by atoms with Crippen molar-refractivity contribution >= 4 is 11.9 Å². The molecule has 0 saturated carbocycles. The molecule has 0 aliphatic heterocycles. The van der Waals surface area contributed by atoms with Gasteiger partial charge in [0.1, 0.15) is 5.54 Å². The summed E-state index contributed by atoms with van der Waals surface area (Å²) < 4.78 is 0. The van der Waals surface area contributed by atoms with Crippen LogP contribution in [0.15, 0.2) is 0 Å². The fraction of sp³-hybridized carbons (Fsp3) is 0.714. The van der Waals surface area contributed by atoms with Gasteiger partial charge in [0.2, 0.25) is 5.91 Å². The second-order valence-corrected chi connectivity index (χ2v) is 4.92. The molecule has 0 rings (SSSR count). The Morgan fingerprint density at radius 3 is 2.32 bits per heavy atom. The molecular formula is C14H24N2O3. The lowest BCUT2D eigenvalue weighted by Crippen LogP contribution is -2.50. The molecule has 0 fully saturated rings. The Morgan fingerprint density at radius 2 is 1.95 bits per heavy atom. The zero-order chi connectivity index (χ0) is 15.1. The van der Waals surface area contributed by atoms with Gasteiger partial charge in [-0.25, -0.2) is 0 Å². The standard InChI is InChI=1S/C14H24N2O3/c1-6-14(7-2,8-3)15-12(17)10-16(5)9-11(4)13(18)19/h1,11H,7-10H2,2-5H3,(H,15,17)(H,18,19). The highest BCUT2D eigenvalue weighted by atomic mass is 16.4. The van der Waals surface area contributed by atoms with Crippen molar-refractivity contribution in [2.24, 2.45) is 5.92 Å². The van der Waals surface area contributed by atoms with Crippen LogP contribution in [0, 0.1) is 18.3 Å². The van der Waals surface area contributed by atoms with Gasteiger partial charge >= 0.3 is 5.97 Å². The van der Waals surface area contributed by atoms with Crippen LogP contribution in [-0.4, -0.2) is 47.6 Å². The SMILES string of the molecule is C#CC(CC)(CC)NC(=O)CN(C)CC(C)C(=O)O. The number of nitrogens with one attached hydrogen (secondary N) is 1. The molecule has 5 heteroatoms. The topological polar surface area (TPSA) is 69.6 Å². The van der Waals surface area contributed by atoms with Crippen molar-refractivity contribution in [2.75, 3.05) is 20.1 Å². The molecule has 0 radical (unpaired) electrons. The predicted octanol–water partition coefficient (Wildman–Crippen LogP) is 0.947. The second-order valence-electron chi connectivity index (χ2n) is 4.92. The minimum Gasteiger partial charge on any atom is -0.481 e. The average molecular weight is 268 g/mol. The van der Waals surface area contributed by atoms with Gasteiger partial charge in [0.05, 0.1) is 12.5 Å². The van der Waals surface area contributed by atoms with Gasteiger partial charge < -0.3 is 10.4 Å². The number of hydrogen-bond acceptors (Lipinski definition) is 3. The number of amides is 1. The minimum absolute atomic E-state index is 0.140. The van der Waals surface area contributed by atoms with Crippen molar-refractivity contribution in [3.63, 3.8) is 0 Å². The summed E-state index contributed by atoms with van der Waals surface area (Å²) in [7, 11) is 1.72. The summed E-state index contributed by atoms with van der Waals surface area (Å²) in [5.74, 6) is 1.08. The molecule has 0 heterocycles. The molecule has 1 amide bonds. The molecule has 19 heavy (non-hydrogen) atoms. The highest BCUT2D eigenvalue weighted by molar-refractivity contribution is 5.79. The number of terminal acetylenes is 1. The lowest BCUT2D eigenvalue weighted by molar-refractivity contribution is -0.142. The van der Waals surface area contributed by atoms with E-state index < -0.39 is 17.4 Å². The highest BCUT2D eigenvalue weighted by Crippen LogP contribution is 2.13. The van der Waals surface area contributed by atoms with Crippen molar-refractivity contribution < 1.29 is 14.7 Å². The first kappa shape index (κ1) is 17.5. The normalized spacial score (nSPS) is 12.8. The molecule has 0 bridgehead atoms. The minimum atomic E-state index is -0.868. The van der Waals surface area contributed by atoms with Gasteiger partial charge in [-0.15, -0.1) is 6.42 Å². The van der Waals surface area contributed by atoms with Crippen LogP contribution in [0.4, 0.5) is 0 Å². The third-order valence-corrected chi connectivity index (χ3v) is 3.28. The lowest BCUT2D eigenvalue weighted by Gasteiger charge is -2.28. The molecule has 0 spiro atoms. The van der Waals surface area contributed by atoms with Crippen molar-refractivity contribution in [1.29, 1.82) is 0 Å².